The third-order valence-electron chi connectivity index (χ3n) is 6.12. The van der Waals surface area contributed by atoms with Gasteiger partial charge in [-0.2, -0.15) is 0 Å². The third-order valence-corrected chi connectivity index (χ3v) is 6.44. The molecule has 0 radical (unpaired) electrons. The number of nitrogens with one attached hydrogen (secondary N) is 1. The topological polar surface area (TPSA) is 29.1 Å². The van der Waals surface area contributed by atoms with Crippen molar-refractivity contribution in [3.05, 3.63) is 69.7 Å². The first-order valence-electron chi connectivity index (χ1n) is 10.2. The molecule has 27 heavy (non-hydrogen) atoms. The Bertz CT molecular complexity index is 806. The van der Waals surface area contributed by atoms with Crippen LogP contribution in [0.15, 0.2) is 42.5 Å². The van der Waals surface area contributed by atoms with E-state index in [1.54, 1.807) is 0 Å². The van der Waals surface area contributed by atoms with Crippen LogP contribution in [0, 0.1) is 12.8 Å². The molecule has 3 heteroatoms. The molecule has 142 valence electrons. The summed E-state index contributed by atoms with van der Waals surface area (Å²) in [4.78, 5) is 12.9. The van der Waals surface area contributed by atoms with Crippen molar-refractivity contribution in [1.82, 2.24) is 5.32 Å². The zero-order chi connectivity index (χ0) is 18.8. The van der Waals surface area contributed by atoms with Crippen LogP contribution in [0.2, 0.25) is 5.02 Å². The number of hydrogen-bond acceptors (Lipinski definition) is 2. The lowest BCUT2D eigenvalue weighted by molar-refractivity contribution is 0.0960. The van der Waals surface area contributed by atoms with Crippen LogP contribution in [0.1, 0.15) is 65.1 Å². The van der Waals surface area contributed by atoms with Crippen molar-refractivity contribution in [2.75, 3.05) is 6.54 Å². The molecule has 0 aromatic heterocycles. The maximum atomic E-state index is 12.9. The van der Waals surface area contributed by atoms with Gasteiger partial charge in [0.15, 0.2) is 5.78 Å². The number of rotatable bonds is 8. The zero-order valence-corrected chi connectivity index (χ0v) is 16.8. The normalized spacial score (nSPS) is 20.1. The van der Waals surface area contributed by atoms with Gasteiger partial charge in [-0.05, 0) is 67.5 Å². The fourth-order valence-corrected chi connectivity index (χ4v) is 4.35. The summed E-state index contributed by atoms with van der Waals surface area (Å²) in [7, 11) is 0. The summed E-state index contributed by atoms with van der Waals surface area (Å²) in [6, 6.07) is 15.1. The quantitative estimate of drug-likeness (QED) is 0.593. The van der Waals surface area contributed by atoms with Gasteiger partial charge < -0.3 is 5.32 Å². The van der Waals surface area contributed by atoms with E-state index in [0.717, 1.165) is 24.4 Å². The van der Waals surface area contributed by atoms with E-state index in [1.807, 2.05) is 25.1 Å². The Balaban J connectivity index is 1.48. The Morgan fingerprint density at radius 1 is 1.15 bits per heavy atom. The Labute approximate surface area is 167 Å². The molecule has 0 amide bonds. The number of carbonyl (C=O) groups is 1. The van der Waals surface area contributed by atoms with Gasteiger partial charge >= 0.3 is 0 Å². The van der Waals surface area contributed by atoms with Crippen molar-refractivity contribution in [3.63, 3.8) is 0 Å². The standard InChI is InChI=1S/C24H28ClNO/c1-16-2-11-20(22(25)14-16)24(27)15-21(23-12-13-26-23)19-9-7-18(8-10-19)6-5-17-3-4-17/h2,7-11,14,17,21,23,26H,3-6,12-13,15H2,1H3. The van der Waals surface area contributed by atoms with E-state index < -0.39 is 0 Å². The lowest BCUT2D eigenvalue weighted by Gasteiger charge is -2.35. The molecule has 1 aliphatic carbocycles. The van der Waals surface area contributed by atoms with Crippen molar-refractivity contribution >= 4 is 17.4 Å². The maximum absolute atomic E-state index is 12.9. The van der Waals surface area contributed by atoms with Gasteiger partial charge in [0.05, 0.1) is 5.02 Å². The number of hydrogen-bond donors (Lipinski definition) is 1. The van der Waals surface area contributed by atoms with E-state index in [0.29, 0.717) is 23.0 Å². The lowest BCUT2D eigenvalue weighted by atomic mass is 9.81. The van der Waals surface area contributed by atoms with Crippen LogP contribution in [-0.2, 0) is 6.42 Å². The Hall–Kier alpha value is -1.64. The summed E-state index contributed by atoms with van der Waals surface area (Å²) in [5, 5.41) is 4.07. The second kappa shape index (κ2) is 8.16. The molecule has 2 fully saturated rings. The van der Waals surface area contributed by atoms with Gasteiger partial charge in [0.2, 0.25) is 0 Å². The number of carbonyl (C=O) groups excluding carboxylic acids is 1. The molecule has 1 saturated heterocycles. The highest BCUT2D eigenvalue weighted by molar-refractivity contribution is 6.34. The number of ketones is 1. The minimum Gasteiger partial charge on any atom is -0.313 e. The number of benzene rings is 2. The first-order valence-corrected chi connectivity index (χ1v) is 10.6. The highest BCUT2D eigenvalue weighted by atomic mass is 35.5. The van der Waals surface area contributed by atoms with Crippen molar-refractivity contribution < 1.29 is 4.79 Å². The molecule has 2 atom stereocenters. The van der Waals surface area contributed by atoms with Crippen LogP contribution >= 0.6 is 11.6 Å². The van der Waals surface area contributed by atoms with Gasteiger partial charge in [-0.1, -0.05) is 54.8 Å². The molecule has 2 nitrogen and oxygen atoms in total. The zero-order valence-electron chi connectivity index (χ0n) is 16.0. The SMILES string of the molecule is Cc1ccc(C(=O)CC(c2ccc(CCC3CC3)cc2)C2CCN2)c(Cl)c1. The first kappa shape index (κ1) is 18.7. The molecule has 2 aliphatic rings. The number of Topliss-reactive ketones (excluding diaryl/α,β-unsaturated/α-hetero) is 1. The molecule has 1 aliphatic heterocycles. The molecular weight excluding hydrogens is 354 g/mol. The molecule has 2 unspecified atom stereocenters. The van der Waals surface area contributed by atoms with E-state index in [1.165, 1.54) is 36.8 Å². The third kappa shape index (κ3) is 4.62. The largest absolute Gasteiger partial charge is 0.313 e. The predicted octanol–water partition coefficient (Wildman–Crippen LogP) is 5.71. The Kier molecular flexibility index (Phi) is 5.66. The summed E-state index contributed by atoms with van der Waals surface area (Å²) in [6.45, 7) is 3.03. The Morgan fingerprint density at radius 2 is 1.89 bits per heavy atom. The molecule has 1 N–H and O–H groups in total. The smallest absolute Gasteiger partial charge is 0.165 e. The molecule has 0 spiro atoms. The van der Waals surface area contributed by atoms with Crippen LogP contribution in [0.4, 0.5) is 0 Å². The van der Waals surface area contributed by atoms with Gasteiger partial charge in [-0.15, -0.1) is 0 Å². The first-order chi connectivity index (χ1) is 13.1. The molecule has 4 rings (SSSR count). The van der Waals surface area contributed by atoms with Crippen molar-refractivity contribution in [3.8, 4) is 0 Å². The number of aryl methyl sites for hydroxylation is 2. The van der Waals surface area contributed by atoms with Crippen LogP contribution in [0.5, 0.6) is 0 Å². The second-order valence-electron chi connectivity index (χ2n) is 8.29. The van der Waals surface area contributed by atoms with Crippen molar-refractivity contribution in [1.29, 1.82) is 0 Å². The van der Waals surface area contributed by atoms with Crippen LogP contribution in [0.25, 0.3) is 0 Å². The van der Waals surface area contributed by atoms with Crippen molar-refractivity contribution in [2.24, 2.45) is 5.92 Å². The molecule has 2 aromatic rings. The average Bonchev–Trinajstić information content (AvgIpc) is 3.42. The molecular formula is C24H28ClNO. The van der Waals surface area contributed by atoms with Gasteiger partial charge in [-0.3, -0.25) is 4.79 Å². The van der Waals surface area contributed by atoms with Gasteiger partial charge in [0, 0.05) is 23.9 Å². The van der Waals surface area contributed by atoms with Crippen molar-refractivity contribution in [2.45, 2.75) is 57.4 Å². The summed E-state index contributed by atoms with van der Waals surface area (Å²) >= 11 is 6.33. The second-order valence-corrected chi connectivity index (χ2v) is 8.70. The van der Waals surface area contributed by atoms with Crippen LogP contribution < -0.4 is 5.32 Å². The van der Waals surface area contributed by atoms with Crippen LogP contribution in [0.3, 0.4) is 0 Å². The summed E-state index contributed by atoms with van der Waals surface area (Å²) in [5.74, 6) is 1.31. The fraction of sp³-hybridized carbons (Fsp3) is 0.458. The van der Waals surface area contributed by atoms with E-state index >= 15 is 0 Å². The van der Waals surface area contributed by atoms with Gasteiger partial charge in [0.1, 0.15) is 0 Å². The van der Waals surface area contributed by atoms with E-state index in [-0.39, 0.29) is 11.7 Å². The van der Waals surface area contributed by atoms with Gasteiger partial charge in [0.25, 0.3) is 0 Å². The van der Waals surface area contributed by atoms with Crippen LogP contribution in [-0.4, -0.2) is 18.4 Å². The minimum absolute atomic E-state index is 0.136. The molecule has 1 saturated carbocycles. The van der Waals surface area contributed by atoms with E-state index in [2.05, 4.69) is 29.6 Å². The fourth-order valence-electron chi connectivity index (χ4n) is 4.01. The summed E-state index contributed by atoms with van der Waals surface area (Å²) in [6.07, 6.45) is 6.95. The van der Waals surface area contributed by atoms with Gasteiger partial charge in [-0.25, -0.2) is 0 Å². The molecule has 2 aromatic carbocycles. The predicted molar refractivity (Wildman–Crippen MR) is 112 cm³/mol. The average molecular weight is 382 g/mol. The Morgan fingerprint density at radius 3 is 2.48 bits per heavy atom. The lowest BCUT2D eigenvalue weighted by Crippen LogP contribution is -2.47. The summed E-state index contributed by atoms with van der Waals surface area (Å²) < 4.78 is 0. The monoisotopic (exact) mass is 381 g/mol. The summed E-state index contributed by atoms with van der Waals surface area (Å²) in [5.41, 5.74) is 4.40. The highest BCUT2D eigenvalue weighted by Gasteiger charge is 2.30. The van der Waals surface area contributed by atoms with E-state index in [9.17, 15) is 4.79 Å². The maximum Gasteiger partial charge on any atom is 0.165 e. The number of halogens is 1. The molecule has 0 bridgehead atoms. The molecule has 1 heterocycles. The minimum atomic E-state index is 0.136. The van der Waals surface area contributed by atoms with E-state index in [4.69, 9.17) is 11.6 Å². The highest BCUT2D eigenvalue weighted by Crippen LogP contribution is 2.34.